The lowest BCUT2D eigenvalue weighted by molar-refractivity contribution is -0.137. The quantitative estimate of drug-likeness (QED) is 0.813. The van der Waals surface area contributed by atoms with E-state index in [1.165, 1.54) is 12.1 Å². The summed E-state index contributed by atoms with van der Waals surface area (Å²) >= 11 is 5.75. The molecule has 1 saturated heterocycles. The van der Waals surface area contributed by atoms with Crippen LogP contribution in [0.1, 0.15) is 23.6 Å². The van der Waals surface area contributed by atoms with Crippen molar-refractivity contribution in [2.45, 2.75) is 18.6 Å². The summed E-state index contributed by atoms with van der Waals surface area (Å²) in [6.45, 7) is 2.54. The second kappa shape index (κ2) is 8.34. The Kier molecular flexibility index (Phi) is 7.38. The standard InChI is InChI=1S/C14H17ClF4N2.ClH/c15-12-9-10(1-2-11(12)14(17,18)19)13(3-4-16)21-7-5-20-6-8-21;/h1-2,9,13,20H,3-8H2;1H/t13-;/m0./s1. The number of nitrogens with zero attached hydrogens (tertiary/aromatic N) is 1. The second-order valence-electron chi connectivity index (χ2n) is 5.02. The highest BCUT2D eigenvalue weighted by atomic mass is 35.5. The van der Waals surface area contributed by atoms with Crippen LogP contribution in [-0.4, -0.2) is 37.8 Å². The molecule has 1 N–H and O–H groups in total. The van der Waals surface area contributed by atoms with E-state index in [1.54, 1.807) is 0 Å². The summed E-state index contributed by atoms with van der Waals surface area (Å²) in [5.74, 6) is 0. The van der Waals surface area contributed by atoms with Crippen LogP contribution in [0.25, 0.3) is 0 Å². The van der Waals surface area contributed by atoms with Crippen LogP contribution in [0.5, 0.6) is 0 Å². The zero-order valence-electron chi connectivity index (χ0n) is 11.8. The van der Waals surface area contributed by atoms with Crippen molar-refractivity contribution in [3.63, 3.8) is 0 Å². The lowest BCUT2D eigenvalue weighted by Crippen LogP contribution is -2.45. The van der Waals surface area contributed by atoms with Gasteiger partial charge < -0.3 is 5.32 Å². The Morgan fingerprint density at radius 1 is 1.23 bits per heavy atom. The molecule has 1 aliphatic heterocycles. The molecule has 1 fully saturated rings. The summed E-state index contributed by atoms with van der Waals surface area (Å²) in [6.07, 6.45) is -4.22. The zero-order chi connectivity index (χ0) is 15.5. The maximum Gasteiger partial charge on any atom is 0.417 e. The van der Waals surface area contributed by atoms with Gasteiger partial charge in [-0.05, 0) is 24.1 Å². The van der Waals surface area contributed by atoms with E-state index in [1.807, 2.05) is 0 Å². The molecule has 1 atom stereocenters. The first-order valence-electron chi connectivity index (χ1n) is 6.81. The normalized spacial score (nSPS) is 17.9. The molecular weight excluding hydrogens is 343 g/mol. The third-order valence-electron chi connectivity index (χ3n) is 3.66. The lowest BCUT2D eigenvalue weighted by Gasteiger charge is -2.35. The number of rotatable bonds is 4. The molecule has 0 unspecified atom stereocenters. The molecule has 126 valence electrons. The van der Waals surface area contributed by atoms with Gasteiger partial charge in [-0.15, -0.1) is 12.4 Å². The van der Waals surface area contributed by atoms with Crippen molar-refractivity contribution in [2.24, 2.45) is 0 Å². The smallest absolute Gasteiger partial charge is 0.314 e. The van der Waals surface area contributed by atoms with E-state index >= 15 is 0 Å². The maximum atomic E-state index is 12.8. The van der Waals surface area contributed by atoms with Crippen molar-refractivity contribution in [3.05, 3.63) is 34.3 Å². The van der Waals surface area contributed by atoms with Gasteiger partial charge in [-0.1, -0.05) is 17.7 Å². The van der Waals surface area contributed by atoms with E-state index in [0.29, 0.717) is 5.56 Å². The van der Waals surface area contributed by atoms with Gasteiger partial charge in [-0.25, -0.2) is 0 Å². The number of hydrogen-bond acceptors (Lipinski definition) is 2. The minimum Gasteiger partial charge on any atom is -0.314 e. The fraction of sp³-hybridized carbons (Fsp3) is 0.571. The molecule has 2 rings (SSSR count). The largest absolute Gasteiger partial charge is 0.417 e. The van der Waals surface area contributed by atoms with E-state index in [0.717, 1.165) is 32.2 Å². The molecule has 1 aliphatic rings. The molecule has 2 nitrogen and oxygen atoms in total. The number of benzene rings is 1. The highest BCUT2D eigenvalue weighted by Gasteiger charge is 2.33. The summed E-state index contributed by atoms with van der Waals surface area (Å²) < 4.78 is 51.0. The highest BCUT2D eigenvalue weighted by Crippen LogP contribution is 2.37. The van der Waals surface area contributed by atoms with Crippen LogP contribution in [0.4, 0.5) is 17.6 Å². The van der Waals surface area contributed by atoms with Gasteiger partial charge in [-0.3, -0.25) is 9.29 Å². The third kappa shape index (κ3) is 4.72. The summed E-state index contributed by atoms with van der Waals surface area (Å²) in [4.78, 5) is 2.08. The fourth-order valence-electron chi connectivity index (χ4n) is 2.63. The van der Waals surface area contributed by atoms with Gasteiger partial charge >= 0.3 is 6.18 Å². The molecule has 1 aromatic carbocycles. The van der Waals surface area contributed by atoms with Gasteiger partial charge in [0, 0.05) is 32.2 Å². The Morgan fingerprint density at radius 2 is 1.86 bits per heavy atom. The van der Waals surface area contributed by atoms with Crippen LogP contribution in [-0.2, 0) is 6.18 Å². The monoisotopic (exact) mass is 360 g/mol. The van der Waals surface area contributed by atoms with Gasteiger partial charge in [0.15, 0.2) is 0 Å². The summed E-state index contributed by atoms with van der Waals surface area (Å²) in [6, 6.07) is 3.45. The SMILES string of the molecule is Cl.FCC[C@@H](c1ccc(C(F)(F)F)c(Cl)c1)N1CCNCC1. The Morgan fingerprint density at radius 3 is 2.36 bits per heavy atom. The minimum absolute atomic E-state index is 0. The van der Waals surface area contributed by atoms with Crippen molar-refractivity contribution in [3.8, 4) is 0 Å². The summed E-state index contributed by atoms with van der Waals surface area (Å²) in [5.41, 5.74) is -0.222. The van der Waals surface area contributed by atoms with Crippen molar-refractivity contribution in [1.82, 2.24) is 10.2 Å². The number of nitrogens with one attached hydrogen (secondary N) is 1. The molecule has 0 saturated carbocycles. The van der Waals surface area contributed by atoms with Crippen LogP contribution in [0.2, 0.25) is 5.02 Å². The van der Waals surface area contributed by atoms with Gasteiger partial charge in [0.05, 0.1) is 17.3 Å². The van der Waals surface area contributed by atoms with Gasteiger partial charge in [0.1, 0.15) is 0 Å². The predicted octanol–water partition coefficient (Wildman–Crippen LogP) is 4.09. The number of halogens is 6. The molecular formula is C14H18Cl2F4N2. The van der Waals surface area contributed by atoms with Crippen LogP contribution in [0, 0.1) is 0 Å². The van der Waals surface area contributed by atoms with Crippen LogP contribution in [0.15, 0.2) is 18.2 Å². The maximum absolute atomic E-state index is 12.8. The molecule has 0 aromatic heterocycles. The number of piperazine rings is 1. The molecule has 0 spiro atoms. The zero-order valence-corrected chi connectivity index (χ0v) is 13.4. The molecule has 8 heteroatoms. The van der Waals surface area contributed by atoms with Crippen molar-refractivity contribution >= 4 is 24.0 Å². The van der Waals surface area contributed by atoms with Crippen molar-refractivity contribution < 1.29 is 17.6 Å². The van der Waals surface area contributed by atoms with E-state index in [4.69, 9.17) is 11.6 Å². The predicted molar refractivity (Wildman–Crippen MR) is 81.5 cm³/mol. The molecule has 0 aliphatic carbocycles. The molecule has 0 amide bonds. The Balaban J connectivity index is 0.00000242. The third-order valence-corrected chi connectivity index (χ3v) is 3.97. The molecule has 0 radical (unpaired) electrons. The average molecular weight is 361 g/mol. The number of hydrogen-bond donors (Lipinski definition) is 1. The first-order valence-corrected chi connectivity index (χ1v) is 7.18. The Labute approximate surface area is 138 Å². The molecule has 0 bridgehead atoms. The van der Waals surface area contributed by atoms with Crippen LogP contribution >= 0.6 is 24.0 Å². The van der Waals surface area contributed by atoms with E-state index < -0.39 is 18.4 Å². The molecule has 22 heavy (non-hydrogen) atoms. The molecule has 1 aromatic rings. The first kappa shape index (κ1) is 19.5. The van der Waals surface area contributed by atoms with Gasteiger partial charge in [0.25, 0.3) is 0 Å². The van der Waals surface area contributed by atoms with Crippen molar-refractivity contribution in [2.75, 3.05) is 32.9 Å². The number of alkyl halides is 4. The molecule has 1 heterocycles. The minimum atomic E-state index is -4.47. The highest BCUT2D eigenvalue weighted by molar-refractivity contribution is 6.31. The summed E-state index contributed by atoms with van der Waals surface area (Å²) in [7, 11) is 0. The van der Waals surface area contributed by atoms with Crippen LogP contribution < -0.4 is 5.32 Å². The first-order chi connectivity index (χ1) is 9.93. The second-order valence-corrected chi connectivity index (χ2v) is 5.42. The summed E-state index contributed by atoms with van der Waals surface area (Å²) in [5, 5.41) is 2.86. The Bertz CT molecular complexity index is 476. The Hall–Kier alpha value is -0.560. The average Bonchev–Trinajstić information content (AvgIpc) is 2.44. The van der Waals surface area contributed by atoms with E-state index in [-0.39, 0.29) is 29.9 Å². The lowest BCUT2D eigenvalue weighted by atomic mass is 10.00. The van der Waals surface area contributed by atoms with E-state index in [2.05, 4.69) is 10.2 Å². The topological polar surface area (TPSA) is 15.3 Å². The van der Waals surface area contributed by atoms with Crippen LogP contribution in [0.3, 0.4) is 0 Å². The van der Waals surface area contributed by atoms with Gasteiger partial charge in [-0.2, -0.15) is 13.2 Å². The van der Waals surface area contributed by atoms with E-state index in [9.17, 15) is 17.6 Å². The van der Waals surface area contributed by atoms with Crippen molar-refractivity contribution in [1.29, 1.82) is 0 Å². The fourth-order valence-corrected chi connectivity index (χ4v) is 2.92. The van der Waals surface area contributed by atoms with Gasteiger partial charge in [0.2, 0.25) is 0 Å².